The minimum absolute atomic E-state index is 0.0476. The summed E-state index contributed by atoms with van der Waals surface area (Å²) in [5.41, 5.74) is 1.85. The lowest BCUT2D eigenvalue weighted by molar-refractivity contribution is 0.406. The number of phenols is 2. The van der Waals surface area contributed by atoms with Crippen molar-refractivity contribution in [3.05, 3.63) is 92.0 Å². The number of aromatic hydroxyl groups is 2. The second-order valence-corrected chi connectivity index (χ2v) is 9.03. The summed E-state index contributed by atoms with van der Waals surface area (Å²) in [6.45, 7) is 3.78. The fourth-order valence-electron chi connectivity index (χ4n) is 4.79. The molecule has 37 heavy (non-hydrogen) atoms. The van der Waals surface area contributed by atoms with E-state index in [0.29, 0.717) is 38.9 Å². The number of allylic oxidation sites excluding steroid dienone is 2. The van der Waals surface area contributed by atoms with Gasteiger partial charge >= 0.3 is 5.63 Å². The van der Waals surface area contributed by atoms with Crippen LogP contribution < -0.4 is 20.5 Å². The quantitative estimate of drug-likeness (QED) is 0.170. The minimum Gasteiger partial charge on any atom is -0.507 e. The van der Waals surface area contributed by atoms with E-state index in [1.165, 1.54) is 26.4 Å². The van der Waals surface area contributed by atoms with Crippen molar-refractivity contribution in [3.8, 4) is 23.0 Å². The van der Waals surface area contributed by atoms with Crippen molar-refractivity contribution < 1.29 is 24.1 Å². The lowest BCUT2D eigenvalue weighted by Gasteiger charge is -2.22. The van der Waals surface area contributed by atoms with Gasteiger partial charge in [-0.3, -0.25) is 4.79 Å². The number of rotatable bonds is 5. The minimum atomic E-state index is -0.693. The molecule has 5 aromatic rings. The van der Waals surface area contributed by atoms with Crippen LogP contribution in [0.4, 0.5) is 0 Å². The Morgan fingerprint density at radius 2 is 1.76 bits per heavy atom. The Bertz CT molecular complexity index is 1840. The summed E-state index contributed by atoms with van der Waals surface area (Å²) in [5, 5.41) is 23.7. The second-order valence-electron chi connectivity index (χ2n) is 9.03. The van der Waals surface area contributed by atoms with Crippen LogP contribution in [0.5, 0.6) is 23.0 Å². The SMILES string of the molecule is COc1cc2oc(=O)ccc2cc1C(C=C(C)C)c1c(O)cc2[nH]c3c(OC)cccc3c(=O)c2c1O. The fraction of sp³-hybridized carbons (Fsp3) is 0.172. The smallest absolute Gasteiger partial charge is 0.336 e. The molecular formula is C29H25NO7. The predicted octanol–water partition coefficient (Wildman–Crippen LogP) is 5.31. The summed E-state index contributed by atoms with van der Waals surface area (Å²) in [4.78, 5) is 28.4. The van der Waals surface area contributed by atoms with Crippen LogP contribution in [0.25, 0.3) is 32.8 Å². The molecule has 0 saturated carbocycles. The zero-order valence-electron chi connectivity index (χ0n) is 20.7. The number of pyridine rings is 1. The first-order valence-corrected chi connectivity index (χ1v) is 11.6. The molecule has 1 unspecified atom stereocenters. The number of nitrogens with one attached hydrogen (secondary N) is 1. The maximum Gasteiger partial charge on any atom is 0.336 e. The van der Waals surface area contributed by atoms with Crippen LogP contribution in [0.3, 0.4) is 0 Å². The normalized spacial score (nSPS) is 12.1. The third-order valence-electron chi connectivity index (χ3n) is 6.41. The van der Waals surface area contributed by atoms with Crippen LogP contribution in [0.15, 0.2) is 74.2 Å². The molecule has 3 N–H and O–H groups in total. The average molecular weight is 500 g/mol. The first-order valence-electron chi connectivity index (χ1n) is 11.6. The fourth-order valence-corrected chi connectivity index (χ4v) is 4.79. The molecule has 8 heteroatoms. The lowest BCUT2D eigenvalue weighted by Crippen LogP contribution is -2.09. The average Bonchev–Trinajstić information content (AvgIpc) is 2.86. The van der Waals surface area contributed by atoms with Crippen LogP contribution in [-0.4, -0.2) is 29.4 Å². The molecule has 0 aliphatic carbocycles. The van der Waals surface area contributed by atoms with Crippen molar-refractivity contribution >= 4 is 32.8 Å². The molecule has 0 radical (unpaired) electrons. The third kappa shape index (κ3) is 3.96. The molecule has 0 bridgehead atoms. The standard InChI is InChI=1S/C29H25NO7/c1-14(2)10-18(17-11-15-8-9-24(32)37-22(15)13-23(17)36-4)25-20(31)12-19-26(29(25)34)28(33)16-6-5-7-21(35-3)27(16)30-19/h5-13,18,31,34H,1-4H3,(H,30,33). The second kappa shape index (κ2) is 9.05. The Hall–Kier alpha value is -4.72. The van der Waals surface area contributed by atoms with Gasteiger partial charge in [0, 0.05) is 40.6 Å². The Morgan fingerprint density at radius 3 is 2.46 bits per heavy atom. The number of methoxy groups -OCH3 is 2. The van der Waals surface area contributed by atoms with Crippen molar-refractivity contribution in [2.75, 3.05) is 14.2 Å². The number of para-hydroxylation sites is 1. The van der Waals surface area contributed by atoms with Gasteiger partial charge in [-0.2, -0.15) is 0 Å². The topological polar surface area (TPSA) is 122 Å². The number of benzene rings is 3. The van der Waals surface area contributed by atoms with Crippen molar-refractivity contribution in [3.63, 3.8) is 0 Å². The van der Waals surface area contributed by atoms with Crippen molar-refractivity contribution in [1.82, 2.24) is 4.98 Å². The van der Waals surface area contributed by atoms with Gasteiger partial charge in [-0.1, -0.05) is 17.7 Å². The molecule has 0 aliphatic heterocycles. The zero-order valence-corrected chi connectivity index (χ0v) is 20.7. The van der Waals surface area contributed by atoms with Gasteiger partial charge < -0.3 is 29.1 Å². The number of phenolic OH excluding ortho intramolecular Hbond substituents is 2. The molecule has 1 atom stereocenters. The van der Waals surface area contributed by atoms with Crippen molar-refractivity contribution in [2.45, 2.75) is 19.8 Å². The molecule has 0 aliphatic rings. The van der Waals surface area contributed by atoms with Gasteiger partial charge in [0.2, 0.25) is 5.43 Å². The first kappa shape index (κ1) is 24.0. The summed E-state index contributed by atoms with van der Waals surface area (Å²) < 4.78 is 16.3. The molecule has 5 rings (SSSR count). The summed E-state index contributed by atoms with van der Waals surface area (Å²) in [7, 11) is 2.98. The summed E-state index contributed by atoms with van der Waals surface area (Å²) in [6, 6.07) is 12.8. The van der Waals surface area contributed by atoms with E-state index in [1.54, 1.807) is 36.4 Å². The van der Waals surface area contributed by atoms with E-state index in [1.807, 2.05) is 19.9 Å². The third-order valence-corrected chi connectivity index (χ3v) is 6.41. The van der Waals surface area contributed by atoms with E-state index in [-0.39, 0.29) is 28.0 Å². The molecule has 8 nitrogen and oxygen atoms in total. The highest BCUT2D eigenvalue weighted by Crippen LogP contribution is 2.46. The largest absolute Gasteiger partial charge is 0.507 e. The van der Waals surface area contributed by atoms with Crippen LogP contribution in [-0.2, 0) is 0 Å². The molecule has 188 valence electrons. The van der Waals surface area contributed by atoms with Gasteiger partial charge in [-0.05, 0) is 38.1 Å². The van der Waals surface area contributed by atoms with E-state index in [0.717, 1.165) is 5.57 Å². The first-order chi connectivity index (χ1) is 17.7. The Kier molecular flexibility index (Phi) is 5.87. The molecule has 2 aromatic heterocycles. The van der Waals surface area contributed by atoms with E-state index < -0.39 is 17.0 Å². The summed E-state index contributed by atoms with van der Waals surface area (Å²) >= 11 is 0. The number of ether oxygens (including phenoxy) is 2. The van der Waals surface area contributed by atoms with Crippen LogP contribution in [0.2, 0.25) is 0 Å². The number of hydrogen-bond donors (Lipinski definition) is 3. The monoisotopic (exact) mass is 499 g/mol. The van der Waals surface area contributed by atoms with E-state index in [4.69, 9.17) is 13.9 Å². The van der Waals surface area contributed by atoms with Gasteiger partial charge in [-0.15, -0.1) is 0 Å². The molecule has 0 fully saturated rings. The van der Waals surface area contributed by atoms with Crippen molar-refractivity contribution in [1.29, 1.82) is 0 Å². The van der Waals surface area contributed by atoms with E-state index in [9.17, 15) is 19.8 Å². The molecule has 0 saturated heterocycles. The summed E-state index contributed by atoms with van der Waals surface area (Å²) in [5.74, 6) is -0.389. The highest BCUT2D eigenvalue weighted by atomic mass is 16.5. The number of fused-ring (bicyclic) bond motifs is 3. The van der Waals surface area contributed by atoms with Crippen molar-refractivity contribution in [2.24, 2.45) is 0 Å². The molecule has 0 spiro atoms. The van der Waals surface area contributed by atoms with Gasteiger partial charge in [0.1, 0.15) is 28.6 Å². The number of aromatic nitrogens is 1. The number of hydrogen-bond acceptors (Lipinski definition) is 7. The molecule has 0 amide bonds. The maximum atomic E-state index is 13.6. The van der Waals surface area contributed by atoms with Crippen LogP contribution in [0, 0.1) is 0 Å². The lowest BCUT2D eigenvalue weighted by atomic mass is 9.86. The predicted molar refractivity (Wildman–Crippen MR) is 142 cm³/mol. The summed E-state index contributed by atoms with van der Waals surface area (Å²) in [6.07, 6.45) is 1.86. The Balaban J connectivity index is 1.86. The number of aromatic amines is 1. The van der Waals surface area contributed by atoms with E-state index in [2.05, 4.69) is 4.98 Å². The highest BCUT2D eigenvalue weighted by molar-refractivity contribution is 5.99. The highest BCUT2D eigenvalue weighted by Gasteiger charge is 2.27. The molecular weight excluding hydrogens is 474 g/mol. The van der Waals surface area contributed by atoms with Gasteiger partial charge in [0.05, 0.1) is 36.0 Å². The van der Waals surface area contributed by atoms with Crippen LogP contribution in [0.1, 0.15) is 30.9 Å². The Labute approximate surface area is 211 Å². The number of H-pyrrole nitrogens is 1. The van der Waals surface area contributed by atoms with Gasteiger partial charge in [-0.25, -0.2) is 4.79 Å². The Morgan fingerprint density at radius 1 is 1.00 bits per heavy atom. The molecule has 2 heterocycles. The molecule has 3 aromatic carbocycles. The van der Waals surface area contributed by atoms with Gasteiger partial charge in [0.25, 0.3) is 0 Å². The zero-order chi connectivity index (χ0) is 26.4. The van der Waals surface area contributed by atoms with Crippen LogP contribution >= 0.6 is 0 Å². The van der Waals surface area contributed by atoms with E-state index >= 15 is 0 Å². The van der Waals surface area contributed by atoms with Gasteiger partial charge in [0.15, 0.2) is 0 Å². The maximum absolute atomic E-state index is 13.6.